The van der Waals surface area contributed by atoms with Crippen molar-refractivity contribution in [2.24, 2.45) is 5.92 Å². The molecular formula is C30H45F2N9O4. The Morgan fingerprint density at radius 2 is 1.91 bits per heavy atom. The van der Waals surface area contributed by atoms with Crippen LogP contribution < -0.4 is 16.4 Å². The van der Waals surface area contributed by atoms with Crippen molar-refractivity contribution in [1.29, 1.82) is 0 Å². The zero-order valence-electron chi connectivity index (χ0n) is 26.5. The van der Waals surface area contributed by atoms with Gasteiger partial charge < -0.3 is 30.7 Å². The highest BCUT2D eigenvalue weighted by molar-refractivity contribution is 6.08. The lowest BCUT2D eigenvalue weighted by molar-refractivity contribution is 0.0518. The third kappa shape index (κ3) is 10.1. The average Bonchev–Trinajstić information content (AvgIpc) is 3.58. The van der Waals surface area contributed by atoms with Crippen molar-refractivity contribution in [3.8, 4) is 0 Å². The molecule has 3 aromatic heterocycles. The van der Waals surface area contributed by atoms with Crippen LogP contribution in [-0.2, 0) is 9.47 Å². The predicted octanol–water partition coefficient (Wildman–Crippen LogP) is 4.68. The Balaban J connectivity index is 1.17. The number of nitrogen functional groups attached to an aromatic ring is 1. The molecule has 248 valence electrons. The van der Waals surface area contributed by atoms with E-state index in [9.17, 15) is 18.4 Å². The molecule has 1 fully saturated rings. The Kier molecular flexibility index (Phi) is 11.7. The van der Waals surface area contributed by atoms with Gasteiger partial charge in [0.05, 0.1) is 17.9 Å². The van der Waals surface area contributed by atoms with Crippen molar-refractivity contribution in [3.63, 3.8) is 0 Å². The quantitative estimate of drug-likeness (QED) is 0.215. The van der Waals surface area contributed by atoms with Gasteiger partial charge in [-0.1, -0.05) is 0 Å². The summed E-state index contributed by atoms with van der Waals surface area (Å²) in [5.74, 6) is 0.106. The van der Waals surface area contributed by atoms with Gasteiger partial charge in [0.25, 0.3) is 12.3 Å². The number of nitrogens with zero attached hydrogens (tertiary/aromatic N) is 6. The van der Waals surface area contributed by atoms with Crippen molar-refractivity contribution in [2.45, 2.75) is 77.4 Å². The number of alkyl halides is 2. The molecule has 45 heavy (non-hydrogen) atoms. The van der Waals surface area contributed by atoms with E-state index in [1.807, 2.05) is 20.8 Å². The van der Waals surface area contributed by atoms with Crippen molar-refractivity contribution in [2.75, 3.05) is 50.9 Å². The van der Waals surface area contributed by atoms with Crippen LogP contribution in [0.5, 0.6) is 0 Å². The molecule has 0 bridgehead atoms. The van der Waals surface area contributed by atoms with Gasteiger partial charge in [-0.25, -0.2) is 23.1 Å². The summed E-state index contributed by atoms with van der Waals surface area (Å²) in [6.45, 7) is 9.07. The van der Waals surface area contributed by atoms with Gasteiger partial charge in [0.15, 0.2) is 11.3 Å². The summed E-state index contributed by atoms with van der Waals surface area (Å²) >= 11 is 0. The van der Waals surface area contributed by atoms with Gasteiger partial charge in [-0.05, 0) is 78.3 Å². The van der Waals surface area contributed by atoms with Gasteiger partial charge in [0.1, 0.15) is 17.0 Å². The lowest BCUT2D eigenvalue weighted by Crippen LogP contribution is -2.33. The fourth-order valence-electron chi connectivity index (χ4n) is 5.42. The zero-order chi connectivity index (χ0) is 32.6. The minimum atomic E-state index is -2.85. The number of rotatable bonds is 14. The lowest BCUT2D eigenvalue weighted by atomic mass is 9.86. The molecule has 4 rings (SSSR count). The number of hydrogen-bond donors (Lipinski definition) is 3. The summed E-state index contributed by atoms with van der Waals surface area (Å²) in [5.41, 5.74) is 5.10. The van der Waals surface area contributed by atoms with Crippen molar-refractivity contribution in [1.82, 2.24) is 34.6 Å². The number of ether oxygens (including phenoxy) is 2. The summed E-state index contributed by atoms with van der Waals surface area (Å²) in [6, 6.07) is 1.52. The first-order chi connectivity index (χ1) is 21.4. The van der Waals surface area contributed by atoms with Crippen molar-refractivity contribution < 1.29 is 27.8 Å². The Morgan fingerprint density at radius 3 is 2.62 bits per heavy atom. The normalized spacial score (nSPS) is 17.2. The summed E-state index contributed by atoms with van der Waals surface area (Å²) in [6.07, 6.45) is 6.29. The molecule has 0 aliphatic heterocycles. The molecule has 0 aromatic carbocycles. The Bertz CT molecular complexity index is 1410. The second-order valence-electron chi connectivity index (χ2n) is 12.5. The molecule has 1 aliphatic carbocycles. The molecule has 0 unspecified atom stereocenters. The number of fused-ring (bicyclic) bond motifs is 1. The van der Waals surface area contributed by atoms with Crippen LogP contribution in [0.15, 0.2) is 24.7 Å². The Morgan fingerprint density at radius 1 is 1.18 bits per heavy atom. The van der Waals surface area contributed by atoms with Crippen LogP contribution in [0.2, 0.25) is 0 Å². The molecule has 0 radical (unpaired) electrons. The molecule has 15 heteroatoms. The van der Waals surface area contributed by atoms with Gasteiger partial charge in [-0.3, -0.25) is 9.48 Å². The van der Waals surface area contributed by atoms with Gasteiger partial charge in [-0.2, -0.15) is 10.2 Å². The Hall–Kier alpha value is -3.85. The van der Waals surface area contributed by atoms with Crippen LogP contribution in [0.4, 0.5) is 25.1 Å². The molecular weight excluding hydrogens is 588 g/mol. The monoisotopic (exact) mass is 633 g/mol. The maximum absolute atomic E-state index is 13.9. The Labute approximate surface area is 261 Å². The van der Waals surface area contributed by atoms with Crippen molar-refractivity contribution >= 4 is 29.2 Å². The second-order valence-corrected chi connectivity index (χ2v) is 12.5. The highest BCUT2D eigenvalue weighted by Crippen LogP contribution is 2.35. The molecule has 2 amide bonds. The maximum Gasteiger partial charge on any atom is 0.407 e. The number of aromatic nitrogens is 5. The molecule has 1 aliphatic rings. The first-order valence-corrected chi connectivity index (χ1v) is 15.4. The maximum atomic E-state index is 13.9. The van der Waals surface area contributed by atoms with Crippen LogP contribution in [0, 0.1) is 5.92 Å². The third-order valence-electron chi connectivity index (χ3n) is 7.57. The summed E-state index contributed by atoms with van der Waals surface area (Å²) < 4.78 is 41.6. The topological polar surface area (TPSA) is 154 Å². The van der Waals surface area contributed by atoms with E-state index in [1.54, 1.807) is 16.9 Å². The van der Waals surface area contributed by atoms with E-state index in [-0.39, 0.29) is 28.8 Å². The van der Waals surface area contributed by atoms with Crippen LogP contribution in [0.25, 0.3) is 5.65 Å². The number of nitrogens with one attached hydrogen (secondary N) is 2. The number of anilines is 2. The first-order valence-electron chi connectivity index (χ1n) is 15.4. The van der Waals surface area contributed by atoms with E-state index < -0.39 is 29.7 Å². The lowest BCUT2D eigenvalue weighted by Gasteiger charge is -2.31. The third-order valence-corrected chi connectivity index (χ3v) is 7.57. The number of amides is 2. The van der Waals surface area contributed by atoms with Crippen molar-refractivity contribution in [3.05, 3.63) is 35.9 Å². The number of alkyl carbamates (subject to hydrolysis) is 1. The molecule has 13 nitrogen and oxygen atoms in total. The molecule has 0 saturated heterocycles. The number of halogens is 2. The van der Waals surface area contributed by atoms with E-state index in [1.165, 1.54) is 16.9 Å². The van der Waals surface area contributed by atoms with E-state index >= 15 is 0 Å². The zero-order valence-corrected chi connectivity index (χ0v) is 26.5. The SMILES string of the molecule is CN(CCCOCCCNC(=O)OC(C)(C)C)CC1CCC(n2cc(NC(=O)c3cnn4ccc(N)nc34)c(C(F)F)n2)CC1. The fourth-order valence-corrected chi connectivity index (χ4v) is 5.42. The van der Waals surface area contributed by atoms with Crippen LogP contribution in [-0.4, -0.2) is 86.8 Å². The summed E-state index contributed by atoms with van der Waals surface area (Å²) in [7, 11) is 2.10. The first kappa shape index (κ1) is 34.0. The number of carbonyl (C=O) groups excluding carboxylic acids is 2. The highest BCUT2D eigenvalue weighted by Gasteiger charge is 2.28. The van der Waals surface area contributed by atoms with Gasteiger partial charge in [-0.15, -0.1) is 0 Å². The summed E-state index contributed by atoms with van der Waals surface area (Å²) in [5, 5.41) is 13.5. The van der Waals surface area contributed by atoms with E-state index in [2.05, 4.69) is 37.8 Å². The van der Waals surface area contributed by atoms with Crippen LogP contribution in [0.1, 0.15) is 87.8 Å². The molecule has 3 aromatic rings. The highest BCUT2D eigenvalue weighted by atomic mass is 19.3. The largest absolute Gasteiger partial charge is 0.444 e. The van der Waals surface area contributed by atoms with Crippen LogP contribution in [0.3, 0.4) is 0 Å². The number of carbonyl (C=O) groups is 2. The number of nitrogens with two attached hydrogens (primary N) is 1. The molecule has 1 saturated carbocycles. The van der Waals surface area contributed by atoms with Gasteiger partial charge in [0.2, 0.25) is 0 Å². The van der Waals surface area contributed by atoms with Gasteiger partial charge in [0, 0.05) is 45.2 Å². The average molecular weight is 634 g/mol. The van der Waals surface area contributed by atoms with E-state index in [0.717, 1.165) is 51.6 Å². The van der Waals surface area contributed by atoms with Gasteiger partial charge >= 0.3 is 6.09 Å². The molecule has 0 spiro atoms. The molecule has 0 atom stereocenters. The second kappa shape index (κ2) is 15.4. The standard InChI is InChI=1S/C30H45F2N9O4/c1-30(2,3)45-29(43)34-12-5-15-44-16-6-13-39(4)18-20-7-9-21(10-8-20)41-19-23(25(38-41)26(31)32)36-28(42)22-17-35-40-14-11-24(33)37-27(22)40/h11,14,17,19-21,26H,5-10,12-13,15-16,18H2,1-4H3,(H2,33,37)(H,34,43)(H,36,42). The minimum Gasteiger partial charge on any atom is -0.444 e. The number of hydrogen-bond acceptors (Lipinski definition) is 9. The van der Waals surface area contributed by atoms with Crippen LogP contribution >= 0.6 is 0 Å². The summed E-state index contributed by atoms with van der Waals surface area (Å²) in [4.78, 5) is 31.0. The molecule has 3 heterocycles. The van der Waals surface area contributed by atoms with E-state index in [4.69, 9.17) is 15.2 Å². The minimum absolute atomic E-state index is 0.0219. The fraction of sp³-hybridized carbons (Fsp3) is 0.633. The predicted molar refractivity (Wildman–Crippen MR) is 165 cm³/mol. The van der Waals surface area contributed by atoms with E-state index in [0.29, 0.717) is 25.7 Å². The molecule has 4 N–H and O–H groups in total. The smallest absolute Gasteiger partial charge is 0.407 e.